The molecule has 1 aliphatic carbocycles. The average molecular weight is 299 g/mol. The number of nitrogens with one attached hydrogen (secondary N) is 1. The van der Waals surface area contributed by atoms with Crippen LogP contribution >= 0.6 is 11.8 Å². The Labute approximate surface area is 120 Å². The van der Waals surface area contributed by atoms with Crippen molar-refractivity contribution in [3.63, 3.8) is 0 Å². The van der Waals surface area contributed by atoms with Crippen molar-refractivity contribution in [2.75, 3.05) is 17.8 Å². The Balaban J connectivity index is 1.68. The second-order valence-electron chi connectivity index (χ2n) is 5.13. The molecule has 0 unspecified atom stereocenters. The molecule has 1 aromatic carbocycles. The third-order valence-electron chi connectivity index (χ3n) is 3.02. The lowest BCUT2D eigenvalue weighted by Crippen LogP contribution is -2.14. The van der Waals surface area contributed by atoms with Crippen LogP contribution in [-0.2, 0) is 16.4 Å². The van der Waals surface area contributed by atoms with Crippen LogP contribution < -0.4 is 5.32 Å². The minimum atomic E-state index is -2.82. The summed E-state index contributed by atoms with van der Waals surface area (Å²) in [4.78, 5) is 1.21. The number of sulfone groups is 1. The second kappa shape index (κ2) is 6.77. The van der Waals surface area contributed by atoms with Crippen molar-refractivity contribution in [3.05, 3.63) is 29.8 Å². The zero-order valence-electron chi connectivity index (χ0n) is 11.3. The molecule has 5 heteroatoms. The van der Waals surface area contributed by atoms with E-state index in [0.29, 0.717) is 6.42 Å². The van der Waals surface area contributed by atoms with Gasteiger partial charge in [0.05, 0.1) is 5.75 Å². The van der Waals surface area contributed by atoms with Crippen molar-refractivity contribution in [2.24, 2.45) is 0 Å². The van der Waals surface area contributed by atoms with E-state index in [9.17, 15) is 8.42 Å². The molecule has 1 aromatic rings. The predicted octanol–water partition coefficient (Wildman–Crippen LogP) is 2.47. The van der Waals surface area contributed by atoms with Gasteiger partial charge in [-0.25, -0.2) is 8.42 Å². The summed E-state index contributed by atoms with van der Waals surface area (Å²) in [5.74, 6) is 1.14. The fourth-order valence-corrected chi connectivity index (χ4v) is 3.47. The molecule has 1 aliphatic rings. The summed E-state index contributed by atoms with van der Waals surface area (Å²) in [5.41, 5.74) is 1.31. The number of hydrogen-bond acceptors (Lipinski definition) is 4. The van der Waals surface area contributed by atoms with E-state index in [1.54, 1.807) is 11.8 Å². The van der Waals surface area contributed by atoms with Crippen molar-refractivity contribution in [1.29, 1.82) is 0 Å². The molecule has 0 aromatic heterocycles. The van der Waals surface area contributed by atoms with E-state index < -0.39 is 9.84 Å². The normalized spacial score (nSPS) is 15.6. The van der Waals surface area contributed by atoms with Crippen LogP contribution in [0.4, 0.5) is 0 Å². The molecule has 0 saturated heterocycles. The highest BCUT2D eigenvalue weighted by molar-refractivity contribution is 7.99. The molecule has 3 nitrogen and oxygen atoms in total. The molecule has 0 aliphatic heterocycles. The molecular formula is C14H21NO2S2. The van der Waals surface area contributed by atoms with Crippen LogP contribution in [-0.4, -0.2) is 32.2 Å². The van der Waals surface area contributed by atoms with Gasteiger partial charge in [-0.3, -0.25) is 0 Å². The molecule has 0 amide bonds. The molecule has 1 saturated carbocycles. The smallest absolute Gasteiger partial charge is 0.147 e. The molecule has 19 heavy (non-hydrogen) atoms. The van der Waals surface area contributed by atoms with Crippen molar-refractivity contribution < 1.29 is 8.42 Å². The largest absolute Gasteiger partial charge is 0.310 e. The molecule has 1 fully saturated rings. The van der Waals surface area contributed by atoms with E-state index in [1.807, 2.05) is 0 Å². The third kappa shape index (κ3) is 6.45. The summed E-state index contributed by atoms with van der Waals surface area (Å²) < 4.78 is 22.0. The predicted molar refractivity (Wildman–Crippen MR) is 81.4 cm³/mol. The Hall–Kier alpha value is -0.520. The zero-order valence-corrected chi connectivity index (χ0v) is 12.9. The topological polar surface area (TPSA) is 46.2 Å². The van der Waals surface area contributed by atoms with E-state index in [-0.39, 0.29) is 5.75 Å². The first kappa shape index (κ1) is 14.9. The maximum absolute atomic E-state index is 11.0. The number of thioether (sulfide) groups is 1. The quantitative estimate of drug-likeness (QED) is 0.592. The number of benzene rings is 1. The van der Waals surface area contributed by atoms with E-state index in [2.05, 4.69) is 29.6 Å². The highest BCUT2D eigenvalue weighted by Gasteiger charge is 2.19. The van der Waals surface area contributed by atoms with Gasteiger partial charge in [0.2, 0.25) is 0 Å². The minimum absolute atomic E-state index is 0.281. The van der Waals surface area contributed by atoms with Crippen LogP contribution in [0.1, 0.15) is 24.8 Å². The fourth-order valence-electron chi connectivity index (χ4n) is 1.76. The van der Waals surface area contributed by atoms with Gasteiger partial charge in [-0.15, -0.1) is 11.8 Å². The molecule has 2 rings (SSSR count). The van der Waals surface area contributed by atoms with Crippen LogP contribution in [0.3, 0.4) is 0 Å². The molecule has 0 heterocycles. The van der Waals surface area contributed by atoms with Crippen LogP contribution in [0, 0.1) is 0 Å². The van der Waals surface area contributed by atoms with Gasteiger partial charge in [0.15, 0.2) is 0 Å². The molecular weight excluding hydrogens is 278 g/mol. The van der Waals surface area contributed by atoms with E-state index >= 15 is 0 Å². The first-order chi connectivity index (χ1) is 9.03. The summed E-state index contributed by atoms with van der Waals surface area (Å²) >= 11 is 1.72. The average Bonchev–Trinajstić information content (AvgIpc) is 3.16. The SMILES string of the molecule is CS(=O)(=O)CCCSc1ccc(CNC2CC2)cc1. The van der Waals surface area contributed by atoms with Gasteiger partial charge in [-0.1, -0.05) is 12.1 Å². The Morgan fingerprint density at radius 3 is 2.53 bits per heavy atom. The lowest BCUT2D eigenvalue weighted by molar-refractivity contribution is 0.600. The molecule has 0 bridgehead atoms. The van der Waals surface area contributed by atoms with E-state index in [1.165, 1.54) is 29.6 Å². The Morgan fingerprint density at radius 2 is 1.95 bits per heavy atom. The van der Waals surface area contributed by atoms with Gasteiger partial charge in [-0.05, 0) is 42.7 Å². The lowest BCUT2D eigenvalue weighted by Gasteiger charge is -2.05. The minimum Gasteiger partial charge on any atom is -0.310 e. The summed E-state index contributed by atoms with van der Waals surface area (Å²) in [5, 5.41) is 3.49. The summed E-state index contributed by atoms with van der Waals surface area (Å²) in [6, 6.07) is 9.28. The van der Waals surface area contributed by atoms with Gasteiger partial charge in [0.25, 0.3) is 0 Å². The van der Waals surface area contributed by atoms with Gasteiger partial charge >= 0.3 is 0 Å². The first-order valence-corrected chi connectivity index (χ1v) is 9.70. The first-order valence-electron chi connectivity index (χ1n) is 6.66. The highest BCUT2D eigenvalue weighted by atomic mass is 32.2. The summed E-state index contributed by atoms with van der Waals surface area (Å²) in [6.45, 7) is 0.948. The molecule has 0 atom stereocenters. The standard InChI is InChI=1S/C14H21NO2S2/c1-19(16,17)10-2-9-18-14-7-3-12(4-8-14)11-15-13-5-6-13/h3-4,7-8,13,15H,2,5-6,9-11H2,1H3. The fraction of sp³-hybridized carbons (Fsp3) is 0.571. The van der Waals surface area contributed by atoms with E-state index in [0.717, 1.165) is 18.3 Å². The number of rotatable bonds is 8. The van der Waals surface area contributed by atoms with Crippen molar-refractivity contribution in [2.45, 2.75) is 36.7 Å². The molecule has 1 N–H and O–H groups in total. The highest BCUT2D eigenvalue weighted by Crippen LogP contribution is 2.21. The van der Waals surface area contributed by atoms with Gasteiger partial charge in [-0.2, -0.15) is 0 Å². The maximum atomic E-state index is 11.0. The second-order valence-corrected chi connectivity index (χ2v) is 8.56. The molecule has 0 radical (unpaired) electrons. The van der Waals surface area contributed by atoms with Crippen LogP contribution in [0.15, 0.2) is 29.2 Å². The van der Waals surface area contributed by atoms with Crippen molar-refractivity contribution >= 4 is 21.6 Å². The Kier molecular flexibility index (Phi) is 5.30. The summed E-state index contributed by atoms with van der Waals surface area (Å²) in [7, 11) is -2.82. The van der Waals surface area contributed by atoms with Crippen molar-refractivity contribution in [1.82, 2.24) is 5.32 Å². The molecule has 0 spiro atoms. The van der Waals surface area contributed by atoms with Gasteiger partial charge in [0, 0.05) is 23.7 Å². The van der Waals surface area contributed by atoms with Gasteiger partial charge < -0.3 is 5.32 Å². The summed E-state index contributed by atoms with van der Waals surface area (Å²) in [6.07, 6.45) is 4.64. The van der Waals surface area contributed by atoms with Crippen LogP contribution in [0.2, 0.25) is 0 Å². The third-order valence-corrected chi connectivity index (χ3v) is 5.15. The Morgan fingerprint density at radius 1 is 1.26 bits per heavy atom. The van der Waals surface area contributed by atoms with Crippen LogP contribution in [0.25, 0.3) is 0 Å². The van der Waals surface area contributed by atoms with Crippen LogP contribution in [0.5, 0.6) is 0 Å². The monoisotopic (exact) mass is 299 g/mol. The maximum Gasteiger partial charge on any atom is 0.147 e. The zero-order chi connectivity index (χ0) is 13.7. The molecule has 106 valence electrons. The van der Waals surface area contributed by atoms with Crippen molar-refractivity contribution in [3.8, 4) is 0 Å². The number of hydrogen-bond donors (Lipinski definition) is 1. The Bertz CT molecular complexity index is 493. The van der Waals surface area contributed by atoms with E-state index in [4.69, 9.17) is 0 Å². The lowest BCUT2D eigenvalue weighted by atomic mass is 10.2. The van der Waals surface area contributed by atoms with Gasteiger partial charge in [0.1, 0.15) is 9.84 Å².